The fraction of sp³-hybridized carbons (Fsp3) is 0.826. The minimum absolute atomic E-state index is 0.441. The van der Waals surface area contributed by atoms with Crippen molar-refractivity contribution in [1.29, 1.82) is 0 Å². The topological polar surface area (TPSA) is 142 Å². The zero-order valence-corrected chi connectivity index (χ0v) is 20.8. The summed E-state index contributed by atoms with van der Waals surface area (Å²) >= 11 is 0. The quantitative estimate of drug-likeness (QED) is 0.483. The minimum Gasteiger partial charge on any atom is -0.480 e. The van der Waals surface area contributed by atoms with Crippen LogP contribution in [0.3, 0.4) is 0 Å². The van der Waals surface area contributed by atoms with E-state index in [1.807, 2.05) is 0 Å². The summed E-state index contributed by atoms with van der Waals surface area (Å²) in [7, 11) is 1.48. The number of rotatable bonds is 8. The summed E-state index contributed by atoms with van der Waals surface area (Å²) in [6.45, 7) is 10.5. The van der Waals surface area contributed by atoms with Crippen LogP contribution < -0.4 is 5.32 Å². The molecule has 10 nitrogen and oxygen atoms in total. The van der Waals surface area contributed by atoms with Crippen molar-refractivity contribution in [2.75, 3.05) is 7.05 Å². The Bertz CT molecular complexity index is 702. The number of hydrogen-bond donors (Lipinski definition) is 3. The maximum absolute atomic E-state index is 11.7. The van der Waals surface area contributed by atoms with Crippen molar-refractivity contribution in [3.05, 3.63) is 0 Å². The van der Waals surface area contributed by atoms with Gasteiger partial charge >= 0.3 is 24.1 Å². The van der Waals surface area contributed by atoms with E-state index in [9.17, 15) is 19.2 Å². The van der Waals surface area contributed by atoms with Crippen molar-refractivity contribution in [1.82, 2.24) is 10.2 Å². The van der Waals surface area contributed by atoms with E-state index in [1.54, 1.807) is 41.5 Å². The second kappa shape index (κ2) is 11.6. The average molecular weight is 473 g/mol. The molecule has 2 atom stereocenters. The van der Waals surface area contributed by atoms with Gasteiger partial charge in [-0.2, -0.15) is 0 Å². The Morgan fingerprint density at radius 1 is 0.848 bits per heavy atom. The predicted molar refractivity (Wildman–Crippen MR) is 121 cm³/mol. The number of hydrogen-bond acceptors (Lipinski definition) is 6. The third-order valence-electron chi connectivity index (χ3n) is 4.94. The number of ether oxygens (including phenoxy) is 2. The van der Waals surface area contributed by atoms with Gasteiger partial charge in [0.05, 0.1) is 0 Å². The molecule has 3 N–H and O–H groups in total. The summed E-state index contributed by atoms with van der Waals surface area (Å²) in [6, 6.07) is -1.61. The largest absolute Gasteiger partial charge is 0.480 e. The molecule has 0 unspecified atom stereocenters. The summed E-state index contributed by atoms with van der Waals surface area (Å²) in [5.41, 5.74) is -1.21. The highest BCUT2D eigenvalue weighted by Gasteiger charge is 2.35. The maximum atomic E-state index is 11.7. The van der Waals surface area contributed by atoms with Gasteiger partial charge in [-0.25, -0.2) is 19.2 Å². The number of carbonyl (C=O) groups is 4. The molecule has 0 saturated heterocycles. The zero-order chi connectivity index (χ0) is 25.6. The second-order valence-corrected chi connectivity index (χ2v) is 10.8. The fourth-order valence-corrected chi connectivity index (χ4v) is 2.91. The van der Waals surface area contributed by atoms with Crippen molar-refractivity contribution in [3.63, 3.8) is 0 Å². The Morgan fingerprint density at radius 3 is 1.67 bits per heavy atom. The van der Waals surface area contributed by atoms with E-state index < -0.39 is 47.4 Å². The van der Waals surface area contributed by atoms with Crippen LogP contribution in [-0.4, -0.2) is 69.6 Å². The molecule has 2 fully saturated rings. The number of carboxylic acid groups (broad SMARTS) is 2. The van der Waals surface area contributed by atoms with Gasteiger partial charge in [0.1, 0.15) is 23.3 Å². The van der Waals surface area contributed by atoms with Gasteiger partial charge in [-0.1, -0.05) is 25.7 Å². The van der Waals surface area contributed by atoms with E-state index in [0.29, 0.717) is 24.7 Å². The molecule has 0 heterocycles. The number of nitrogens with zero attached hydrogens (tertiary/aromatic N) is 1. The van der Waals surface area contributed by atoms with E-state index in [2.05, 4.69) is 5.32 Å². The maximum Gasteiger partial charge on any atom is 0.410 e. The van der Waals surface area contributed by atoms with E-state index in [0.717, 1.165) is 25.7 Å². The number of aliphatic carboxylic acids is 2. The van der Waals surface area contributed by atoms with E-state index >= 15 is 0 Å². The Kier molecular flexibility index (Phi) is 9.99. The number of amides is 2. The molecule has 2 amide bonds. The second-order valence-electron chi connectivity index (χ2n) is 10.8. The van der Waals surface area contributed by atoms with Crippen LogP contribution in [0.5, 0.6) is 0 Å². The van der Waals surface area contributed by atoms with Crippen LogP contribution in [0.2, 0.25) is 0 Å². The van der Waals surface area contributed by atoms with Crippen LogP contribution in [0, 0.1) is 11.8 Å². The van der Waals surface area contributed by atoms with Crippen molar-refractivity contribution >= 4 is 24.1 Å². The first-order valence-electron chi connectivity index (χ1n) is 11.4. The lowest BCUT2D eigenvalue weighted by molar-refractivity contribution is -0.143. The van der Waals surface area contributed by atoms with Gasteiger partial charge in [0.15, 0.2) is 0 Å². The standard InChI is InChI=1S/C12H21NO4.C11H19NO4/c1-12(2,3)17-11(16)13(4)9(10(14)15)7-8-5-6-8;1-11(2,3)16-10(15)12-8(9(13)14)6-7-4-5-7/h8-9H,5-7H2,1-4H3,(H,14,15);7-8H,4-6H2,1-3H3,(H,12,15)(H,13,14)/t9-;8-/m00/s1. The van der Waals surface area contributed by atoms with Gasteiger partial charge in [-0.05, 0) is 66.2 Å². The van der Waals surface area contributed by atoms with Crippen molar-refractivity contribution in [3.8, 4) is 0 Å². The van der Waals surface area contributed by atoms with Crippen LogP contribution in [0.4, 0.5) is 9.59 Å². The molecule has 33 heavy (non-hydrogen) atoms. The fourth-order valence-electron chi connectivity index (χ4n) is 2.91. The number of nitrogens with one attached hydrogen (secondary N) is 1. The first-order valence-corrected chi connectivity index (χ1v) is 11.4. The number of alkyl carbamates (subject to hydrolysis) is 1. The monoisotopic (exact) mass is 472 g/mol. The smallest absolute Gasteiger partial charge is 0.410 e. The molecule has 0 aliphatic heterocycles. The highest BCUT2D eigenvalue weighted by molar-refractivity contribution is 5.80. The van der Waals surface area contributed by atoms with Gasteiger partial charge < -0.3 is 25.0 Å². The van der Waals surface area contributed by atoms with Gasteiger partial charge in [-0.15, -0.1) is 0 Å². The highest BCUT2D eigenvalue weighted by Crippen LogP contribution is 2.35. The first-order chi connectivity index (χ1) is 15.0. The molecule has 0 bridgehead atoms. The summed E-state index contributed by atoms with van der Waals surface area (Å²) < 4.78 is 10.2. The molecule has 0 aromatic rings. The van der Waals surface area contributed by atoms with Crippen LogP contribution >= 0.6 is 0 Å². The van der Waals surface area contributed by atoms with Crippen LogP contribution in [0.25, 0.3) is 0 Å². The van der Waals surface area contributed by atoms with E-state index in [4.69, 9.17) is 19.7 Å². The van der Waals surface area contributed by atoms with Gasteiger partial charge in [-0.3, -0.25) is 4.90 Å². The first kappa shape index (κ1) is 28.5. The molecule has 10 heteroatoms. The molecule has 0 spiro atoms. The summed E-state index contributed by atoms with van der Waals surface area (Å²) in [4.78, 5) is 46.3. The molecule has 2 aliphatic rings. The van der Waals surface area contributed by atoms with Gasteiger partial charge in [0, 0.05) is 7.05 Å². The summed E-state index contributed by atoms with van der Waals surface area (Å²) in [5, 5.41) is 20.4. The lowest BCUT2D eigenvalue weighted by atomic mass is 10.1. The van der Waals surface area contributed by atoms with Crippen molar-refractivity contribution < 1.29 is 38.9 Å². The van der Waals surface area contributed by atoms with Crippen molar-refractivity contribution in [2.24, 2.45) is 11.8 Å². The van der Waals surface area contributed by atoms with Crippen molar-refractivity contribution in [2.45, 2.75) is 103 Å². The van der Waals surface area contributed by atoms with Gasteiger partial charge in [0.25, 0.3) is 0 Å². The number of carbonyl (C=O) groups excluding carboxylic acids is 2. The summed E-state index contributed by atoms with van der Waals surface area (Å²) in [6.07, 6.45) is 4.00. The molecule has 2 saturated carbocycles. The van der Waals surface area contributed by atoms with Crippen LogP contribution in [-0.2, 0) is 19.1 Å². The molecule has 0 radical (unpaired) electrons. The lowest BCUT2D eigenvalue weighted by Crippen LogP contribution is -2.45. The molecule has 190 valence electrons. The molecule has 2 aliphatic carbocycles. The molecule has 2 rings (SSSR count). The molecular formula is C23H40N2O8. The molecule has 0 aromatic carbocycles. The minimum atomic E-state index is -1.00. The average Bonchev–Trinajstić information content (AvgIpc) is 3.51. The number of likely N-dealkylation sites (N-methyl/N-ethyl adjacent to an activating group) is 1. The SMILES string of the molecule is CC(C)(C)OC(=O)N[C@@H](CC1CC1)C(=O)O.CN(C(=O)OC(C)(C)C)[C@@H](CC1CC1)C(=O)O. The van der Waals surface area contributed by atoms with E-state index in [1.165, 1.54) is 11.9 Å². The zero-order valence-electron chi connectivity index (χ0n) is 20.8. The third-order valence-corrected chi connectivity index (χ3v) is 4.94. The van der Waals surface area contributed by atoms with Gasteiger partial charge in [0.2, 0.25) is 0 Å². The Balaban J connectivity index is 0.000000331. The Hall–Kier alpha value is -2.52. The Labute approximate surface area is 196 Å². The Morgan fingerprint density at radius 2 is 1.30 bits per heavy atom. The lowest BCUT2D eigenvalue weighted by Gasteiger charge is -2.28. The third kappa shape index (κ3) is 12.9. The number of carboxylic acids is 2. The highest BCUT2D eigenvalue weighted by atomic mass is 16.6. The molecular weight excluding hydrogens is 432 g/mol. The summed E-state index contributed by atoms with van der Waals surface area (Å²) in [5.74, 6) is -1.08. The predicted octanol–water partition coefficient (Wildman–Crippen LogP) is 3.87. The van der Waals surface area contributed by atoms with Crippen LogP contribution in [0.15, 0.2) is 0 Å². The van der Waals surface area contributed by atoms with Crippen LogP contribution in [0.1, 0.15) is 80.1 Å². The molecule has 0 aromatic heterocycles. The van der Waals surface area contributed by atoms with E-state index in [-0.39, 0.29) is 0 Å². The normalized spacial score (nSPS) is 17.5.